The number of nitrogens with zero attached hydrogens (tertiary/aromatic N) is 2. The van der Waals surface area contributed by atoms with Crippen LogP contribution in [0.1, 0.15) is 55.7 Å². The Morgan fingerprint density at radius 1 is 1.33 bits per heavy atom. The van der Waals surface area contributed by atoms with E-state index in [2.05, 4.69) is 42.6 Å². The lowest BCUT2D eigenvalue weighted by molar-refractivity contribution is 0.0940. The molecular formula is C21H30N4O2. The van der Waals surface area contributed by atoms with Gasteiger partial charge >= 0.3 is 0 Å². The van der Waals surface area contributed by atoms with Crippen LogP contribution in [0, 0.1) is 0 Å². The SMILES string of the molecule is CC(C)(C)c1ccccc1OCCNC(=O)c1ccn(C2CCCNC2)n1. The second-order valence-electron chi connectivity index (χ2n) is 8.03. The van der Waals surface area contributed by atoms with Gasteiger partial charge in [-0.25, -0.2) is 0 Å². The highest BCUT2D eigenvalue weighted by atomic mass is 16.5. The lowest BCUT2D eigenvalue weighted by atomic mass is 9.86. The first-order valence-corrected chi connectivity index (χ1v) is 9.71. The Kier molecular flexibility index (Phi) is 6.16. The third-order valence-corrected chi connectivity index (χ3v) is 4.83. The van der Waals surface area contributed by atoms with Gasteiger partial charge in [0.1, 0.15) is 18.1 Å². The normalized spacial score (nSPS) is 17.5. The standard InChI is InChI=1S/C21H30N4O2/c1-21(2,3)17-8-4-5-9-19(17)27-14-12-23-20(26)18-10-13-25(24-18)16-7-6-11-22-15-16/h4-5,8-10,13,16,22H,6-7,11-12,14-15H2,1-3H3,(H,23,26). The van der Waals surface area contributed by atoms with Crippen LogP contribution >= 0.6 is 0 Å². The summed E-state index contributed by atoms with van der Waals surface area (Å²) in [4.78, 5) is 12.3. The van der Waals surface area contributed by atoms with Crippen molar-refractivity contribution in [2.45, 2.75) is 45.1 Å². The fourth-order valence-corrected chi connectivity index (χ4v) is 3.35. The Balaban J connectivity index is 1.49. The Hall–Kier alpha value is -2.34. The quantitative estimate of drug-likeness (QED) is 0.767. The Morgan fingerprint density at radius 2 is 2.15 bits per heavy atom. The number of aromatic nitrogens is 2. The van der Waals surface area contributed by atoms with Gasteiger partial charge in [0.25, 0.3) is 5.91 Å². The molecule has 6 heteroatoms. The van der Waals surface area contributed by atoms with E-state index in [4.69, 9.17) is 4.74 Å². The average molecular weight is 370 g/mol. The molecule has 1 aromatic carbocycles. The van der Waals surface area contributed by atoms with E-state index >= 15 is 0 Å². The first-order valence-electron chi connectivity index (χ1n) is 9.71. The fourth-order valence-electron chi connectivity index (χ4n) is 3.35. The van der Waals surface area contributed by atoms with Crippen molar-refractivity contribution in [2.75, 3.05) is 26.2 Å². The molecule has 1 amide bonds. The highest BCUT2D eigenvalue weighted by Gasteiger charge is 2.19. The van der Waals surface area contributed by atoms with Crippen LogP contribution in [-0.4, -0.2) is 41.9 Å². The summed E-state index contributed by atoms with van der Waals surface area (Å²) in [6.07, 6.45) is 4.12. The molecule has 1 unspecified atom stereocenters. The molecule has 1 fully saturated rings. The second-order valence-corrected chi connectivity index (χ2v) is 8.03. The van der Waals surface area contributed by atoms with Gasteiger partial charge in [-0.2, -0.15) is 5.10 Å². The summed E-state index contributed by atoms with van der Waals surface area (Å²) in [5, 5.41) is 10.7. The highest BCUT2D eigenvalue weighted by Crippen LogP contribution is 2.30. The summed E-state index contributed by atoms with van der Waals surface area (Å²) in [5.74, 6) is 0.707. The first-order chi connectivity index (χ1) is 12.9. The van der Waals surface area contributed by atoms with Crippen molar-refractivity contribution >= 4 is 5.91 Å². The van der Waals surface area contributed by atoms with Crippen molar-refractivity contribution in [1.29, 1.82) is 0 Å². The molecule has 27 heavy (non-hydrogen) atoms. The molecule has 2 N–H and O–H groups in total. The lowest BCUT2D eigenvalue weighted by Crippen LogP contribution is -2.32. The molecule has 2 aromatic rings. The maximum atomic E-state index is 12.3. The lowest BCUT2D eigenvalue weighted by Gasteiger charge is -2.23. The van der Waals surface area contributed by atoms with Gasteiger partial charge in [0.05, 0.1) is 12.6 Å². The number of carbonyl (C=O) groups excluding carboxylic acids is 1. The summed E-state index contributed by atoms with van der Waals surface area (Å²) in [5.41, 5.74) is 1.63. The Labute approximate surface area is 161 Å². The summed E-state index contributed by atoms with van der Waals surface area (Å²) in [6, 6.07) is 10.2. The van der Waals surface area contributed by atoms with Crippen molar-refractivity contribution < 1.29 is 9.53 Å². The molecule has 1 atom stereocenters. The van der Waals surface area contributed by atoms with Gasteiger partial charge in [-0.15, -0.1) is 0 Å². The van der Waals surface area contributed by atoms with Crippen LogP contribution in [0.25, 0.3) is 0 Å². The van der Waals surface area contributed by atoms with E-state index < -0.39 is 0 Å². The van der Waals surface area contributed by atoms with Crippen LogP contribution in [-0.2, 0) is 5.41 Å². The predicted octanol–water partition coefficient (Wildman–Crippen LogP) is 2.91. The number of carbonyl (C=O) groups is 1. The molecule has 146 valence electrons. The molecule has 2 heterocycles. The van der Waals surface area contributed by atoms with Crippen molar-refractivity contribution in [1.82, 2.24) is 20.4 Å². The van der Waals surface area contributed by atoms with Crippen LogP contribution in [0.15, 0.2) is 36.5 Å². The smallest absolute Gasteiger partial charge is 0.271 e. The molecule has 1 aliphatic rings. The van der Waals surface area contributed by atoms with E-state index in [-0.39, 0.29) is 11.3 Å². The zero-order valence-corrected chi connectivity index (χ0v) is 16.5. The molecular weight excluding hydrogens is 340 g/mol. The third-order valence-electron chi connectivity index (χ3n) is 4.83. The zero-order chi connectivity index (χ0) is 19.3. The molecule has 0 saturated carbocycles. The van der Waals surface area contributed by atoms with E-state index in [1.807, 2.05) is 29.1 Å². The van der Waals surface area contributed by atoms with Crippen molar-refractivity contribution in [3.05, 3.63) is 47.8 Å². The Morgan fingerprint density at radius 3 is 2.89 bits per heavy atom. The van der Waals surface area contributed by atoms with E-state index in [0.717, 1.165) is 37.2 Å². The first kappa shape index (κ1) is 19.4. The average Bonchev–Trinajstić information content (AvgIpc) is 3.16. The predicted molar refractivity (Wildman–Crippen MR) is 106 cm³/mol. The minimum absolute atomic E-state index is 0.0145. The van der Waals surface area contributed by atoms with Crippen molar-refractivity contribution in [3.63, 3.8) is 0 Å². The number of rotatable bonds is 6. The molecule has 3 rings (SSSR count). The number of amides is 1. The van der Waals surface area contributed by atoms with Gasteiger partial charge in [0, 0.05) is 12.7 Å². The van der Waals surface area contributed by atoms with Crippen molar-refractivity contribution in [3.8, 4) is 5.75 Å². The molecule has 0 radical (unpaired) electrons. The molecule has 0 aliphatic carbocycles. The minimum Gasteiger partial charge on any atom is -0.491 e. The van der Waals surface area contributed by atoms with E-state index in [9.17, 15) is 4.79 Å². The molecule has 1 saturated heterocycles. The number of piperidine rings is 1. The molecule has 1 aliphatic heterocycles. The van der Waals surface area contributed by atoms with Crippen LogP contribution in [0.4, 0.5) is 0 Å². The molecule has 1 aromatic heterocycles. The van der Waals surface area contributed by atoms with Crippen molar-refractivity contribution in [2.24, 2.45) is 0 Å². The zero-order valence-electron chi connectivity index (χ0n) is 16.5. The van der Waals surface area contributed by atoms with E-state index in [1.165, 1.54) is 0 Å². The maximum absolute atomic E-state index is 12.3. The van der Waals surface area contributed by atoms with Crippen LogP contribution in [0.2, 0.25) is 0 Å². The highest BCUT2D eigenvalue weighted by molar-refractivity contribution is 5.92. The summed E-state index contributed by atoms with van der Waals surface area (Å²) in [7, 11) is 0. The maximum Gasteiger partial charge on any atom is 0.271 e. The Bertz CT molecular complexity index is 758. The number of hydrogen-bond acceptors (Lipinski definition) is 4. The fraction of sp³-hybridized carbons (Fsp3) is 0.524. The van der Waals surface area contributed by atoms with Gasteiger partial charge in [0.2, 0.25) is 0 Å². The van der Waals surface area contributed by atoms with Crippen LogP contribution in [0.3, 0.4) is 0 Å². The number of para-hydroxylation sites is 1. The van der Waals surface area contributed by atoms with Gasteiger partial charge in [0.15, 0.2) is 0 Å². The third kappa shape index (κ3) is 5.10. The monoisotopic (exact) mass is 370 g/mol. The van der Waals surface area contributed by atoms with E-state index in [1.54, 1.807) is 6.07 Å². The molecule has 0 spiro atoms. The number of nitrogens with one attached hydrogen (secondary N) is 2. The summed E-state index contributed by atoms with van der Waals surface area (Å²) < 4.78 is 7.80. The van der Waals surface area contributed by atoms with Gasteiger partial charge in [-0.3, -0.25) is 9.48 Å². The summed E-state index contributed by atoms with van der Waals surface area (Å²) in [6.45, 7) is 9.31. The van der Waals surface area contributed by atoms with Gasteiger partial charge < -0.3 is 15.4 Å². The number of benzene rings is 1. The molecule has 6 nitrogen and oxygen atoms in total. The van der Waals surface area contributed by atoms with E-state index in [0.29, 0.717) is 24.9 Å². The van der Waals surface area contributed by atoms with Crippen LogP contribution < -0.4 is 15.4 Å². The summed E-state index contributed by atoms with van der Waals surface area (Å²) >= 11 is 0. The second kappa shape index (κ2) is 8.57. The van der Waals surface area contributed by atoms with Crippen LogP contribution in [0.5, 0.6) is 5.75 Å². The number of ether oxygens (including phenoxy) is 1. The molecule has 0 bridgehead atoms. The van der Waals surface area contributed by atoms with Gasteiger partial charge in [-0.05, 0) is 42.5 Å². The van der Waals surface area contributed by atoms with Gasteiger partial charge in [-0.1, -0.05) is 39.0 Å². The minimum atomic E-state index is -0.162. The largest absolute Gasteiger partial charge is 0.491 e. The number of hydrogen-bond donors (Lipinski definition) is 2. The topological polar surface area (TPSA) is 68.2 Å².